The number of fused-ring (bicyclic) bond motifs is 1. The number of halogens is 1. The first-order chi connectivity index (χ1) is 12.4. The summed E-state index contributed by atoms with van der Waals surface area (Å²) in [4.78, 5) is 14.0. The first-order valence-electron chi connectivity index (χ1n) is 7.96. The van der Waals surface area contributed by atoms with Gasteiger partial charge in [0.05, 0.1) is 10.8 Å². The second kappa shape index (κ2) is 5.93. The van der Waals surface area contributed by atoms with Crippen LogP contribution in [0.25, 0.3) is 22.0 Å². The van der Waals surface area contributed by atoms with Crippen LogP contribution in [-0.4, -0.2) is 41.9 Å². The Morgan fingerprint density at radius 2 is 1.85 bits per heavy atom. The molecule has 0 atom stereocenters. The van der Waals surface area contributed by atoms with E-state index in [1.165, 1.54) is 24.3 Å². The molecule has 0 spiro atoms. The van der Waals surface area contributed by atoms with E-state index in [1.807, 2.05) is 0 Å². The number of aromatic nitrogens is 1. The van der Waals surface area contributed by atoms with Crippen molar-refractivity contribution in [3.63, 3.8) is 0 Å². The number of nitrogens with zero attached hydrogens (tertiary/aromatic N) is 1. The molecule has 2 N–H and O–H groups in total. The smallest absolute Gasteiger partial charge is 0.309 e. The molecule has 0 saturated carbocycles. The van der Waals surface area contributed by atoms with E-state index in [0.717, 1.165) is 20.8 Å². The number of aliphatic carboxylic acids is 1. The van der Waals surface area contributed by atoms with E-state index in [0.29, 0.717) is 5.52 Å². The summed E-state index contributed by atoms with van der Waals surface area (Å²) >= 11 is 0. The number of benzene rings is 2. The molecule has 134 valence electrons. The van der Waals surface area contributed by atoms with Crippen molar-refractivity contribution in [3.8, 4) is 11.1 Å². The van der Waals surface area contributed by atoms with Gasteiger partial charge in [-0.15, -0.1) is 0 Å². The van der Waals surface area contributed by atoms with Crippen LogP contribution in [0.3, 0.4) is 0 Å². The quantitative estimate of drug-likeness (QED) is 0.735. The molecular weight excluding hydrogens is 359 g/mol. The van der Waals surface area contributed by atoms with Crippen LogP contribution in [0.1, 0.15) is 0 Å². The number of hydrogen-bond acceptors (Lipinski definition) is 3. The molecule has 2 heterocycles. The van der Waals surface area contributed by atoms with Gasteiger partial charge in [0.15, 0.2) is 0 Å². The van der Waals surface area contributed by atoms with E-state index in [2.05, 4.69) is 4.98 Å². The largest absolute Gasteiger partial charge is 0.481 e. The van der Waals surface area contributed by atoms with Gasteiger partial charge in [0.2, 0.25) is 10.0 Å². The van der Waals surface area contributed by atoms with Crippen molar-refractivity contribution in [2.24, 2.45) is 5.92 Å². The first-order valence-corrected chi connectivity index (χ1v) is 9.40. The third-order valence-corrected chi connectivity index (χ3v) is 6.49. The number of rotatable bonds is 4. The Balaban J connectivity index is 1.61. The summed E-state index contributed by atoms with van der Waals surface area (Å²) in [5, 5.41) is 9.73. The standard InChI is InChI=1S/C18H15FN2O4S/c19-13-3-6-15-16(8-20-17(15)7-13)11-1-4-14(5-2-11)26(24,25)21-9-12(10-21)18(22)23/h1-8,12,20H,9-10H2,(H,22,23). The number of aromatic amines is 1. The first kappa shape index (κ1) is 16.7. The van der Waals surface area contributed by atoms with Gasteiger partial charge >= 0.3 is 5.97 Å². The lowest BCUT2D eigenvalue weighted by Gasteiger charge is -2.35. The number of carboxylic acids is 1. The highest BCUT2D eigenvalue weighted by Crippen LogP contribution is 2.31. The number of carboxylic acid groups (broad SMARTS) is 1. The van der Waals surface area contributed by atoms with Gasteiger partial charge in [-0.2, -0.15) is 4.31 Å². The molecule has 0 bridgehead atoms. The third kappa shape index (κ3) is 2.67. The summed E-state index contributed by atoms with van der Waals surface area (Å²) in [6, 6.07) is 10.8. The fourth-order valence-electron chi connectivity index (χ4n) is 3.08. The van der Waals surface area contributed by atoms with E-state index >= 15 is 0 Å². The van der Waals surface area contributed by atoms with Gasteiger partial charge in [0, 0.05) is 35.8 Å². The minimum absolute atomic E-state index is 0.00652. The van der Waals surface area contributed by atoms with Crippen LogP contribution in [-0.2, 0) is 14.8 Å². The lowest BCUT2D eigenvalue weighted by Crippen LogP contribution is -2.52. The summed E-state index contributed by atoms with van der Waals surface area (Å²) in [6.45, 7) is -0.0130. The molecule has 2 aromatic carbocycles. The van der Waals surface area contributed by atoms with Gasteiger partial charge in [-0.3, -0.25) is 4.79 Å². The van der Waals surface area contributed by atoms with Crippen molar-refractivity contribution in [2.75, 3.05) is 13.1 Å². The molecule has 4 rings (SSSR count). The fraction of sp³-hybridized carbons (Fsp3) is 0.167. The van der Waals surface area contributed by atoms with Crippen molar-refractivity contribution in [2.45, 2.75) is 4.90 Å². The minimum Gasteiger partial charge on any atom is -0.481 e. The van der Waals surface area contributed by atoms with E-state index in [-0.39, 0.29) is 23.8 Å². The number of hydrogen-bond donors (Lipinski definition) is 2. The third-order valence-electron chi connectivity index (χ3n) is 4.64. The van der Waals surface area contributed by atoms with Crippen LogP contribution >= 0.6 is 0 Å². The zero-order valence-corrected chi connectivity index (χ0v) is 14.3. The Hall–Kier alpha value is -2.71. The molecule has 0 amide bonds. The van der Waals surface area contributed by atoms with Crippen molar-refractivity contribution >= 4 is 26.9 Å². The molecule has 1 aliphatic heterocycles. The van der Waals surface area contributed by atoms with Crippen LogP contribution < -0.4 is 0 Å². The molecule has 0 aliphatic carbocycles. The Kier molecular flexibility index (Phi) is 3.82. The van der Waals surface area contributed by atoms with E-state index in [1.54, 1.807) is 24.4 Å². The van der Waals surface area contributed by atoms with E-state index in [9.17, 15) is 17.6 Å². The molecule has 0 radical (unpaired) electrons. The van der Waals surface area contributed by atoms with Crippen molar-refractivity contribution in [3.05, 3.63) is 54.5 Å². The average molecular weight is 374 g/mol. The molecule has 6 nitrogen and oxygen atoms in total. The van der Waals surface area contributed by atoms with E-state index < -0.39 is 21.9 Å². The van der Waals surface area contributed by atoms with Crippen LogP contribution in [0.2, 0.25) is 0 Å². The molecule has 3 aromatic rings. The number of carbonyl (C=O) groups is 1. The van der Waals surface area contributed by atoms with Crippen LogP contribution in [0, 0.1) is 11.7 Å². The Bertz CT molecular complexity index is 1100. The average Bonchev–Trinajstić information content (AvgIpc) is 2.95. The predicted molar refractivity (Wildman–Crippen MR) is 93.6 cm³/mol. The summed E-state index contributed by atoms with van der Waals surface area (Å²) in [6.07, 6.45) is 1.75. The van der Waals surface area contributed by atoms with Gasteiger partial charge in [0.25, 0.3) is 0 Å². The Morgan fingerprint density at radius 3 is 2.50 bits per heavy atom. The predicted octanol–water partition coefficient (Wildman–Crippen LogP) is 2.68. The van der Waals surface area contributed by atoms with Gasteiger partial charge in [-0.05, 0) is 35.9 Å². The summed E-state index contributed by atoms with van der Waals surface area (Å²) < 4.78 is 39.5. The SMILES string of the molecule is O=C(O)C1CN(S(=O)(=O)c2ccc(-c3c[nH]c4cc(F)ccc34)cc2)C1. The van der Waals surface area contributed by atoms with Gasteiger partial charge in [-0.1, -0.05) is 12.1 Å². The monoisotopic (exact) mass is 374 g/mol. The highest BCUT2D eigenvalue weighted by atomic mass is 32.2. The maximum Gasteiger partial charge on any atom is 0.309 e. The van der Waals surface area contributed by atoms with Crippen molar-refractivity contribution in [1.82, 2.24) is 9.29 Å². The Labute approximate surface area is 148 Å². The lowest BCUT2D eigenvalue weighted by molar-refractivity contribution is -0.145. The van der Waals surface area contributed by atoms with Gasteiger partial charge < -0.3 is 10.1 Å². The second-order valence-electron chi connectivity index (χ2n) is 6.27. The normalized spacial score (nSPS) is 15.9. The highest BCUT2D eigenvalue weighted by Gasteiger charge is 2.40. The summed E-state index contributed by atoms with van der Waals surface area (Å²) in [5.41, 5.74) is 2.31. The highest BCUT2D eigenvalue weighted by molar-refractivity contribution is 7.89. The topological polar surface area (TPSA) is 90.5 Å². The molecule has 8 heteroatoms. The summed E-state index contributed by atoms with van der Waals surface area (Å²) in [5.74, 6) is -1.96. The molecule has 1 aliphatic rings. The number of H-pyrrole nitrogens is 1. The zero-order chi connectivity index (χ0) is 18.5. The molecule has 26 heavy (non-hydrogen) atoms. The van der Waals surface area contributed by atoms with Crippen LogP contribution in [0.4, 0.5) is 4.39 Å². The minimum atomic E-state index is -3.69. The summed E-state index contributed by atoms with van der Waals surface area (Å²) in [7, 11) is -3.69. The molecular formula is C18H15FN2O4S. The van der Waals surface area contributed by atoms with Crippen LogP contribution in [0.5, 0.6) is 0 Å². The molecule has 1 fully saturated rings. The molecule has 1 aromatic heterocycles. The number of nitrogens with one attached hydrogen (secondary N) is 1. The Morgan fingerprint density at radius 1 is 1.15 bits per heavy atom. The van der Waals surface area contributed by atoms with Crippen molar-refractivity contribution in [1.29, 1.82) is 0 Å². The zero-order valence-electron chi connectivity index (χ0n) is 13.5. The van der Waals surface area contributed by atoms with E-state index in [4.69, 9.17) is 5.11 Å². The molecule has 0 unspecified atom stereocenters. The molecule has 1 saturated heterocycles. The van der Waals surface area contributed by atoms with Gasteiger partial charge in [-0.25, -0.2) is 12.8 Å². The fourth-order valence-corrected chi connectivity index (χ4v) is 4.61. The maximum absolute atomic E-state index is 13.3. The second-order valence-corrected chi connectivity index (χ2v) is 8.21. The van der Waals surface area contributed by atoms with Crippen molar-refractivity contribution < 1.29 is 22.7 Å². The maximum atomic E-state index is 13.3. The van der Waals surface area contributed by atoms with Crippen LogP contribution in [0.15, 0.2) is 53.6 Å². The lowest BCUT2D eigenvalue weighted by atomic mass is 10.0. The van der Waals surface area contributed by atoms with Gasteiger partial charge in [0.1, 0.15) is 5.82 Å². The number of sulfonamides is 1.